The fourth-order valence-corrected chi connectivity index (χ4v) is 1.73. The van der Waals surface area contributed by atoms with Crippen LogP contribution >= 0.6 is 0 Å². The molecule has 2 rings (SSSR count). The molecule has 0 spiro atoms. The van der Waals surface area contributed by atoms with Crippen LogP contribution in [0.2, 0.25) is 0 Å². The van der Waals surface area contributed by atoms with Gasteiger partial charge in [-0.25, -0.2) is 4.79 Å². The van der Waals surface area contributed by atoms with E-state index in [4.69, 9.17) is 10.8 Å². The molecule has 2 aromatic rings. The van der Waals surface area contributed by atoms with E-state index < -0.39 is 6.09 Å². The summed E-state index contributed by atoms with van der Waals surface area (Å²) < 4.78 is 0. The monoisotopic (exact) mass is 242 g/mol. The Bertz CT molecular complexity index is 550. The normalized spacial score (nSPS) is 10.1. The molecule has 0 unspecified atom stereocenters. The average molecular weight is 242 g/mol. The topological polar surface area (TPSA) is 75.3 Å². The minimum atomic E-state index is -1.06. The second kappa shape index (κ2) is 5.33. The Balaban J connectivity index is 2.29. The predicted molar refractivity (Wildman–Crippen MR) is 71.4 cm³/mol. The van der Waals surface area contributed by atoms with Crippen molar-refractivity contribution >= 4 is 11.8 Å². The van der Waals surface area contributed by atoms with E-state index in [9.17, 15) is 4.79 Å². The van der Waals surface area contributed by atoms with Crippen LogP contribution in [0, 0.1) is 0 Å². The Labute approximate surface area is 105 Å². The van der Waals surface area contributed by atoms with Crippen molar-refractivity contribution in [1.29, 1.82) is 0 Å². The van der Waals surface area contributed by atoms with Gasteiger partial charge in [-0.15, -0.1) is 0 Å². The number of amides is 1. The van der Waals surface area contributed by atoms with Crippen LogP contribution in [0.25, 0.3) is 11.1 Å². The zero-order valence-electron chi connectivity index (χ0n) is 9.76. The summed E-state index contributed by atoms with van der Waals surface area (Å²) in [4.78, 5) is 10.6. The molecule has 1 amide bonds. The molecule has 0 aliphatic heterocycles. The Morgan fingerprint density at radius 3 is 2.44 bits per heavy atom. The summed E-state index contributed by atoms with van der Waals surface area (Å²) in [7, 11) is 0. The summed E-state index contributed by atoms with van der Waals surface area (Å²) in [5.74, 6) is 0. The van der Waals surface area contributed by atoms with Gasteiger partial charge in [0.15, 0.2) is 0 Å². The first-order chi connectivity index (χ1) is 8.69. The van der Waals surface area contributed by atoms with Crippen LogP contribution in [0.3, 0.4) is 0 Å². The van der Waals surface area contributed by atoms with Crippen LogP contribution in [-0.4, -0.2) is 11.2 Å². The van der Waals surface area contributed by atoms with Crippen LogP contribution < -0.4 is 11.1 Å². The van der Waals surface area contributed by atoms with Gasteiger partial charge < -0.3 is 10.8 Å². The third kappa shape index (κ3) is 2.87. The Hall–Kier alpha value is -2.33. The van der Waals surface area contributed by atoms with Crippen molar-refractivity contribution in [3.63, 3.8) is 0 Å². The van der Waals surface area contributed by atoms with E-state index >= 15 is 0 Å². The van der Waals surface area contributed by atoms with Crippen LogP contribution in [0.15, 0.2) is 48.5 Å². The molecule has 0 fully saturated rings. The second-order valence-electron chi connectivity index (χ2n) is 3.91. The number of rotatable bonds is 3. The third-order valence-electron chi connectivity index (χ3n) is 2.64. The first-order valence-electron chi connectivity index (χ1n) is 5.58. The zero-order valence-corrected chi connectivity index (χ0v) is 9.76. The molecule has 0 heterocycles. The maximum absolute atomic E-state index is 10.6. The van der Waals surface area contributed by atoms with Crippen LogP contribution in [0.4, 0.5) is 10.5 Å². The molecule has 4 heteroatoms. The lowest BCUT2D eigenvalue weighted by Gasteiger charge is -2.06. The Kier molecular flexibility index (Phi) is 3.60. The zero-order chi connectivity index (χ0) is 13.0. The predicted octanol–water partition coefficient (Wildman–Crippen LogP) is 2.90. The number of nitrogens with one attached hydrogen (secondary N) is 1. The van der Waals surface area contributed by atoms with Gasteiger partial charge in [0.25, 0.3) is 0 Å². The number of nitrogens with two attached hydrogens (primary N) is 1. The van der Waals surface area contributed by atoms with Crippen LogP contribution in [0.5, 0.6) is 0 Å². The molecule has 18 heavy (non-hydrogen) atoms. The molecule has 0 saturated carbocycles. The van der Waals surface area contributed by atoms with Crippen LogP contribution in [-0.2, 0) is 6.54 Å². The third-order valence-corrected chi connectivity index (χ3v) is 2.64. The Morgan fingerprint density at radius 2 is 1.83 bits per heavy atom. The van der Waals surface area contributed by atoms with Gasteiger partial charge in [-0.3, -0.25) is 5.32 Å². The molecule has 92 valence electrons. The lowest BCUT2D eigenvalue weighted by molar-refractivity contribution is 0.210. The summed E-state index contributed by atoms with van der Waals surface area (Å²) in [5.41, 5.74) is 9.16. The van der Waals surface area contributed by atoms with E-state index in [2.05, 4.69) is 5.32 Å². The highest BCUT2D eigenvalue weighted by Crippen LogP contribution is 2.23. The second-order valence-corrected chi connectivity index (χ2v) is 3.91. The number of benzene rings is 2. The van der Waals surface area contributed by atoms with E-state index in [1.165, 1.54) is 0 Å². The average Bonchev–Trinajstić information content (AvgIpc) is 2.38. The summed E-state index contributed by atoms with van der Waals surface area (Å²) in [5, 5.41) is 11.0. The summed E-state index contributed by atoms with van der Waals surface area (Å²) in [6, 6.07) is 15.1. The largest absolute Gasteiger partial charge is 0.465 e. The van der Waals surface area contributed by atoms with Crippen molar-refractivity contribution in [2.24, 2.45) is 5.73 Å². The van der Waals surface area contributed by atoms with Gasteiger partial charge in [0.2, 0.25) is 0 Å². The molecule has 0 bridgehead atoms. The first kappa shape index (κ1) is 12.1. The van der Waals surface area contributed by atoms with Gasteiger partial charge >= 0.3 is 6.09 Å². The SMILES string of the molecule is NCc1ccc(-c2cccc(NC(=O)O)c2)cc1. The van der Waals surface area contributed by atoms with Crippen molar-refractivity contribution in [2.75, 3.05) is 5.32 Å². The van der Waals surface area contributed by atoms with Crippen molar-refractivity contribution in [1.82, 2.24) is 0 Å². The minimum absolute atomic E-state index is 0.515. The lowest BCUT2D eigenvalue weighted by atomic mass is 10.0. The highest BCUT2D eigenvalue weighted by molar-refractivity contribution is 5.84. The molecule has 2 aromatic carbocycles. The lowest BCUT2D eigenvalue weighted by Crippen LogP contribution is -2.06. The number of carbonyl (C=O) groups is 1. The maximum Gasteiger partial charge on any atom is 0.409 e. The fraction of sp³-hybridized carbons (Fsp3) is 0.0714. The van der Waals surface area contributed by atoms with Crippen molar-refractivity contribution < 1.29 is 9.90 Å². The summed E-state index contributed by atoms with van der Waals surface area (Å²) in [6.07, 6.45) is -1.06. The highest BCUT2D eigenvalue weighted by Gasteiger charge is 2.01. The number of hydrogen-bond acceptors (Lipinski definition) is 2. The van der Waals surface area contributed by atoms with Crippen molar-refractivity contribution in [2.45, 2.75) is 6.54 Å². The van der Waals surface area contributed by atoms with E-state index in [-0.39, 0.29) is 0 Å². The van der Waals surface area contributed by atoms with E-state index in [1.807, 2.05) is 36.4 Å². The van der Waals surface area contributed by atoms with E-state index in [1.54, 1.807) is 12.1 Å². The van der Waals surface area contributed by atoms with Crippen molar-refractivity contribution in [3.05, 3.63) is 54.1 Å². The maximum atomic E-state index is 10.6. The van der Waals surface area contributed by atoms with Gasteiger partial charge in [0.1, 0.15) is 0 Å². The first-order valence-corrected chi connectivity index (χ1v) is 5.58. The quantitative estimate of drug-likeness (QED) is 0.774. The molecule has 0 aromatic heterocycles. The molecule has 0 atom stereocenters. The Morgan fingerprint density at radius 1 is 1.11 bits per heavy atom. The molecular weight excluding hydrogens is 228 g/mol. The molecule has 4 N–H and O–H groups in total. The summed E-state index contributed by atoms with van der Waals surface area (Å²) >= 11 is 0. The molecule has 0 aliphatic carbocycles. The summed E-state index contributed by atoms with van der Waals surface area (Å²) in [6.45, 7) is 0.515. The van der Waals surface area contributed by atoms with Gasteiger partial charge in [-0.05, 0) is 28.8 Å². The minimum Gasteiger partial charge on any atom is -0.465 e. The van der Waals surface area contributed by atoms with Crippen molar-refractivity contribution in [3.8, 4) is 11.1 Å². The standard InChI is InChI=1S/C14H14N2O2/c15-9-10-4-6-11(7-5-10)12-2-1-3-13(8-12)16-14(17)18/h1-8,16H,9,15H2,(H,17,18). The molecule has 0 aliphatic rings. The smallest absolute Gasteiger partial charge is 0.409 e. The molecule has 0 radical (unpaired) electrons. The molecule has 0 saturated heterocycles. The fourth-order valence-electron chi connectivity index (χ4n) is 1.73. The molecular formula is C14H14N2O2. The van der Waals surface area contributed by atoms with Gasteiger partial charge in [0.05, 0.1) is 0 Å². The van der Waals surface area contributed by atoms with Gasteiger partial charge in [-0.2, -0.15) is 0 Å². The van der Waals surface area contributed by atoms with Gasteiger partial charge in [0, 0.05) is 12.2 Å². The van der Waals surface area contributed by atoms with Gasteiger partial charge in [-0.1, -0.05) is 36.4 Å². The number of hydrogen-bond donors (Lipinski definition) is 3. The highest BCUT2D eigenvalue weighted by atomic mass is 16.4. The molecule has 4 nitrogen and oxygen atoms in total. The number of anilines is 1. The van der Waals surface area contributed by atoms with E-state index in [0.717, 1.165) is 16.7 Å². The van der Waals surface area contributed by atoms with Crippen LogP contribution in [0.1, 0.15) is 5.56 Å². The number of carboxylic acid groups (broad SMARTS) is 1. The van der Waals surface area contributed by atoms with E-state index in [0.29, 0.717) is 12.2 Å².